The van der Waals surface area contributed by atoms with Crippen molar-refractivity contribution in [2.75, 3.05) is 37.5 Å². The number of ether oxygens (including phenoxy) is 2. The quantitative estimate of drug-likeness (QED) is 0.284. The highest BCUT2D eigenvalue weighted by atomic mass is 32.2. The van der Waals surface area contributed by atoms with E-state index in [0.717, 1.165) is 25.7 Å². The van der Waals surface area contributed by atoms with Crippen LogP contribution in [0.4, 0.5) is 11.4 Å². The molecule has 2 aliphatic heterocycles. The number of nitrogens with one attached hydrogen (secondary N) is 1. The number of benzene rings is 2. The third kappa shape index (κ3) is 5.96. The number of methoxy groups -OCH3 is 2. The molecule has 2 aromatic rings. The molecule has 206 valence electrons. The van der Waals surface area contributed by atoms with Crippen LogP contribution in [0.5, 0.6) is 11.5 Å². The third-order valence-electron chi connectivity index (χ3n) is 6.97. The van der Waals surface area contributed by atoms with Gasteiger partial charge in [-0.05, 0) is 30.5 Å². The van der Waals surface area contributed by atoms with Gasteiger partial charge in [-0.1, -0.05) is 75.3 Å². The van der Waals surface area contributed by atoms with Crippen LogP contribution < -0.4 is 19.7 Å². The summed E-state index contributed by atoms with van der Waals surface area (Å²) in [5, 5.41) is 2.81. The Kier molecular flexibility index (Phi) is 9.29. The minimum Gasteiger partial charge on any atom is -0.497 e. The second-order valence-corrected chi connectivity index (χ2v) is 11.1. The summed E-state index contributed by atoms with van der Waals surface area (Å²) >= 11 is 6.75. The summed E-state index contributed by atoms with van der Waals surface area (Å²) in [5.41, 5.74) is 1.95. The lowest BCUT2D eigenvalue weighted by molar-refractivity contribution is -0.123. The van der Waals surface area contributed by atoms with E-state index in [1.165, 1.54) is 23.8 Å². The molecule has 0 aromatic heterocycles. The third-order valence-corrected chi connectivity index (χ3v) is 8.42. The molecule has 8 nitrogen and oxygen atoms in total. The fraction of sp³-hybridized carbons (Fsp3) is 0.379. The molecule has 0 spiro atoms. The van der Waals surface area contributed by atoms with Gasteiger partial charge in [-0.3, -0.25) is 24.2 Å². The van der Waals surface area contributed by atoms with E-state index in [0.29, 0.717) is 55.7 Å². The molecule has 1 N–H and O–H groups in total. The Morgan fingerprint density at radius 3 is 2.51 bits per heavy atom. The van der Waals surface area contributed by atoms with Gasteiger partial charge < -0.3 is 14.8 Å². The van der Waals surface area contributed by atoms with Gasteiger partial charge in [0, 0.05) is 18.2 Å². The Labute approximate surface area is 238 Å². The maximum absolute atomic E-state index is 13.7. The van der Waals surface area contributed by atoms with E-state index in [9.17, 15) is 14.4 Å². The highest BCUT2D eigenvalue weighted by molar-refractivity contribution is 8.26. The standard InChI is InChI=1S/C29H33N3O5S2/c1-5-7-10-18(6-2)16-32-28(35)26(39-29(32)38)25-20-11-8-9-12-22(20)31(27(25)34)17-24(33)30-21-14-13-19(36-3)15-23(21)37-4/h8-9,11-15,18H,5-7,10,16-17H2,1-4H3,(H,30,33)/b26-25-. The summed E-state index contributed by atoms with van der Waals surface area (Å²) in [6.07, 6.45) is 4.17. The molecule has 0 saturated carbocycles. The van der Waals surface area contributed by atoms with Crippen molar-refractivity contribution in [2.24, 2.45) is 5.92 Å². The van der Waals surface area contributed by atoms with E-state index in [4.69, 9.17) is 21.7 Å². The van der Waals surface area contributed by atoms with E-state index in [1.807, 2.05) is 6.07 Å². The van der Waals surface area contributed by atoms with Crippen molar-refractivity contribution >= 4 is 63.0 Å². The lowest BCUT2D eigenvalue weighted by Gasteiger charge is -2.21. The molecule has 1 atom stereocenters. The van der Waals surface area contributed by atoms with E-state index < -0.39 is 11.8 Å². The maximum Gasteiger partial charge on any atom is 0.267 e. The van der Waals surface area contributed by atoms with Gasteiger partial charge in [0.2, 0.25) is 5.91 Å². The van der Waals surface area contributed by atoms with Crippen LogP contribution >= 0.6 is 24.0 Å². The van der Waals surface area contributed by atoms with Crippen molar-refractivity contribution in [2.45, 2.75) is 39.5 Å². The number of rotatable bonds is 11. The molecule has 1 fully saturated rings. The lowest BCUT2D eigenvalue weighted by atomic mass is 9.98. The molecule has 2 aliphatic rings. The van der Waals surface area contributed by atoms with Gasteiger partial charge in [0.05, 0.1) is 36.1 Å². The summed E-state index contributed by atoms with van der Waals surface area (Å²) in [7, 11) is 3.04. The minimum atomic E-state index is -0.405. The Morgan fingerprint density at radius 1 is 1.05 bits per heavy atom. The van der Waals surface area contributed by atoms with Crippen molar-refractivity contribution in [3.63, 3.8) is 0 Å². The Balaban J connectivity index is 1.58. The van der Waals surface area contributed by atoms with Crippen LogP contribution in [0.1, 0.15) is 45.1 Å². The van der Waals surface area contributed by atoms with Crippen LogP contribution in [0.3, 0.4) is 0 Å². The fourth-order valence-corrected chi connectivity index (χ4v) is 6.12. The first-order valence-electron chi connectivity index (χ1n) is 13.0. The lowest BCUT2D eigenvalue weighted by Crippen LogP contribution is -2.36. The maximum atomic E-state index is 13.7. The van der Waals surface area contributed by atoms with Crippen molar-refractivity contribution in [1.29, 1.82) is 0 Å². The van der Waals surface area contributed by atoms with Crippen molar-refractivity contribution in [3.05, 3.63) is 52.9 Å². The van der Waals surface area contributed by atoms with Gasteiger partial charge in [0.15, 0.2) is 0 Å². The summed E-state index contributed by atoms with van der Waals surface area (Å²) in [6.45, 7) is 4.59. The van der Waals surface area contributed by atoms with E-state index in [-0.39, 0.29) is 12.5 Å². The number of fused-ring (bicyclic) bond motifs is 1. The van der Waals surface area contributed by atoms with Gasteiger partial charge in [-0.25, -0.2) is 0 Å². The van der Waals surface area contributed by atoms with Crippen LogP contribution in [0.25, 0.3) is 5.57 Å². The number of amides is 3. The molecule has 0 aliphatic carbocycles. The molecule has 0 radical (unpaired) electrons. The van der Waals surface area contributed by atoms with Crippen molar-refractivity contribution < 1.29 is 23.9 Å². The summed E-state index contributed by atoms with van der Waals surface area (Å²) in [5.74, 6) is 0.324. The molecular formula is C29H33N3O5S2. The molecule has 1 unspecified atom stereocenters. The zero-order chi connectivity index (χ0) is 28.1. The smallest absolute Gasteiger partial charge is 0.267 e. The Bertz CT molecular complexity index is 1330. The molecule has 39 heavy (non-hydrogen) atoms. The largest absolute Gasteiger partial charge is 0.497 e. The van der Waals surface area contributed by atoms with Gasteiger partial charge in [-0.2, -0.15) is 0 Å². The van der Waals surface area contributed by atoms with Crippen LogP contribution in [0.15, 0.2) is 47.4 Å². The first-order valence-corrected chi connectivity index (χ1v) is 14.3. The number of thioether (sulfide) groups is 1. The molecule has 2 aromatic carbocycles. The normalized spacial score (nSPS) is 17.5. The molecule has 1 saturated heterocycles. The molecule has 4 rings (SSSR count). The highest BCUT2D eigenvalue weighted by Gasteiger charge is 2.42. The fourth-order valence-electron chi connectivity index (χ4n) is 4.77. The molecule has 0 bridgehead atoms. The first kappa shape index (κ1) is 28.6. The summed E-state index contributed by atoms with van der Waals surface area (Å²) in [6, 6.07) is 12.2. The monoisotopic (exact) mass is 567 g/mol. The number of carbonyl (C=O) groups is 3. The highest BCUT2D eigenvalue weighted by Crippen LogP contribution is 2.45. The second kappa shape index (κ2) is 12.7. The molecular weight excluding hydrogens is 534 g/mol. The Morgan fingerprint density at radius 2 is 1.82 bits per heavy atom. The van der Waals surface area contributed by atoms with E-state index >= 15 is 0 Å². The van der Waals surface area contributed by atoms with Crippen molar-refractivity contribution in [1.82, 2.24) is 4.90 Å². The van der Waals surface area contributed by atoms with Gasteiger partial charge in [0.25, 0.3) is 11.8 Å². The average Bonchev–Trinajstić information content (AvgIpc) is 3.37. The average molecular weight is 568 g/mol. The number of carbonyl (C=O) groups excluding carboxylic acids is 3. The number of hydrogen-bond donors (Lipinski definition) is 1. The van der Waals surface area contributed by atoms with Crippen LogP contribution in [-0.4, -0.2) is 54.3 Å². The van der Waals surface area contributed by atoms with Crippen LogP contribution in [0.2, 0.25) is 0 Å². The first-order chi connectivity index (χ1) is 18.8. The number of thiocarbonyl (C=S) groups is 1. The number of para-hydroxylation sites is 1. The van der Waals surface area contributed by atoms with Gasteiger partial charge in [0.1, 0.15) is 22.4 Å². The van der Waals surface area contributed by atoms with Gasteiger partial charge in [-0.15, -0.1) is 0 Å². The number of hydrogen-bond acceptors (Lipinski definition) is 7. The number of unbranched alkanes of at least 4 members (excludes halogenated alkanes) is 1. The zero-order valence-electron chi connectivity index (χ0n) is 22.6. The Hall–Kier alpha value is -3.37. The van der Waals surface area contributed by atoms with Gasteiger partial charge >= 0.3 is 0 Å². The van der Waals surface area contributed by atoms with Crippen LogP contribution in [-0.2, 0) is 14.4 Å². The van der Waals surface area contributed by atoms with Crippen molar-refractivity contribution in [3.8, 4) is 11.5 Å². The molecule has 10 heteroatoms. The number of anilines is 2. The predicted octanol–water partition coefficient (Wildman–Crippen LogP) is 5.48. The second-order valence-electron chi connectivity index (χ2n) is 9.43. The molecule has 3 amide bonds. The molecule has 2 heterocycles. The SMILES string of the molecule is CCCCC(CC)CN1C(=O)/C(=C2/C(=O)N(CC(=O)Nc3ccc(OC)cc3OC)c3ccccc32)SC1=S. The zero-order valence-corrected chi connectivity index (χ0v) is 24.2. The van der Waals surface area contributed by atoms with E-state index in [2.05, 4.69) is 19.2 Å². The minimum absolute atomic E-state index is 0.232. The predicted molar refractivity (Wildman–Crippen MR) is 159 cm³/mol. The summed E-state index contributed by atoms with van der Waals surface area (Å²) in [4.78, 5) is 43.7. The topological polar surface area (TPSA) is 88.2 Å². The van der Waals surface area contributed by atoms with E-state index in [1.54, 1.807) is 48.4 Å². The van der Waals surface area contributed by atoms with Crippen LogP contribution in [0, 0.1) is 5.92 Å². The number of nitrogens with zero attached hydrogens (tertiary/aromatic N) is 2. The summed E-state index contributed by atoms with van der Waals surface area (Å²) < 4.78 is 11.0.